The molecule has 0 saturated carbocycles. The Morgan fingerprint density at radius 3 is 2.33 bits per heavy atom. The second-order valence-electron chi connectivity index (χ2n) is 5.42. The van der Waals surface area contributed by atoms with Gasteiger partial charge in [0.15, 0.2) is 0 Å². The van der Waals surface area contributed by atoms with Gasteiger partial charge in [-0.2, -0.15) is 0 Å². The summed E-state index contributed by atoms with van der Waals surface area (Å²) in [6, 6.07) is 5.63. The molecule has 6 nitrogen and oxygen atoms in total. The van der Waals surface area contributed by atoms with Crippen LogP contribution < -0.4 is 10.6 Å². The van der Waals surface area contributed by atoms with Crippen LogP contribution in [0.25, 0.3) is 0 Å². The Kier molecular flexibility index (Phi) is 5.84. The molecular weight excluding hydrogens is 296 g/mol. The molecule has 1 amide bonds. The molecule has 7 heteroatoms. The molecule has 0 spiro atoms. The average molecular weight is 315 g/mol. The number of alkyl carbamates (subject to hydrolysis) is 1. The summed E-state index contributed by atoms with van der Waals surface area (Å²) in [6.07, 6.45) is -0.661. The van der Waals surface area contributed by atoms with E-state index in [4.69, 9.17) is 21.4 Å². The Morgan fingerprint density at radius 2 is 1.86 bits per heavy atom. The Labute approximate surface area is 128 Å². The van der Waals surface area contributed by atoms with Crippen LogP contribution in [0.2, 0.25) is 5.02 Å². The quantitative estimate of drug-likeness (QED) is 0.778. The van der Waals surface area contributed by atoms with Gasteiger partial charge in [0, 0.05) is 10.7 Å². The van der Waals surface area contributed by atoms with Crippen molar-refractivity contribution in [3.8, 4) is 0 Å². The molecule has 0 aliphatic carbocycles. The fourth-order valence-electron chi connectivity index (χ4n) is 1.45. The first-order valence-electron chi connectivity index (χ1n) is 6.39. The van der Waals surface area contributed by atoms with Gasteiger partial charge >= 0.3 is 12.1 Å². The lowest BCUT2D eigenvalue weighted by molar-refractivity contribution is -0.137. The van der Waals surface area contributed by atoms with Gasteiger partial charge in [0.25, 0.3) is 0 Å². The van der Waals surface area contributed by atoms with Crippen molar-refractivity contribution in [1.29, 1.82) is 0 Å². The summed E-state index contributed by atoms with van der Waals surface area (Å²) >= 11 is 5.76. The van der Waals surface area contributed by atoms with Crippen LogP contribution in [0.5, 0.6) is 0 Å². The highest BCUT2D eigenvalue weighted by atomic mass is 35.5. The summed E-state index contributed by atoms with van der Waals surface area (Å²) in [4.78, 5) is 22.7. The summed E-state index contributed by atoms with van der Waals surface area (Å²) < 4.78 is 5.05. The van der Waals surface area contributed by atoms with E-state index in [2.05, 4.69) is 10.6 Å². The van der Waals surface area contributed by atoms with Crippen molar-refractivity contribution in [2.45, 2.75) is 32.4 Å². The van der Waals surface area contributed by atoms with Gasteiger partial charge in [-0.1, -0.05) is 11.6 Å². The van der Waals surface area contributed by atoms with Crippen LogP contribution in [-0.2, 0) is 9.53 Å². The predicted molar refractivity (Wildman–Crippen MR) is 80.7 cm³/mol. The first-order chi connectivity index (χ1) is 9.67. The first-order valence-corrected chi connectivity index (χ1v) is 6.77. The van der Waals surface area contributed by atoms with Crippen molar-refractivity contribution in [2.75, 3.05) is 11.9 Å². The molecule has 0 unspecified atom stereocenters. The number of carbonyl (C=O) groups is 2. The highest BCUT2D eigenvalue weighted by molar-refractivity contribution is 6.30. The summed E-state index contributed by atoms with van der Waals surface area (Å²) in [5.41, 5.74) is -0.0374. The van der Waals surface area contributed by atoms with Crippen molar-refractivity contribution in [1.82, 2.24) is 5.32 Å². The zero-order valence-electron chi connectivity index (χ0n) is 12.1. The number of anilines is 1. The van der Waals surface area contributed by atoms with E-state index >= 15 is 0 Å². The van der Waals surface area contributed by atoms with Crippen LogP contribution in [0.3, 0.4) is 0 Å². The van der Waals surface area contributed by atoms with Gasteiger partial charge < -0.3 is 20.5 Å². The third kappa shape index (κ3) is 6.85. The van der Waals surface area contributed by atoms with Crippen LogP contribution in [0.4, 0.5) is 10.5 Å². The lowest BCUT2D eigenvalue weighted by Crippen LogP contribution is -2.43. The molecule has 0 saturated heterocycles. The second kappa shape index (κ2) is 7.17. The molecule has 1 atom stereocenters. The maximum Gasteiger partial charge on any atom is 0.407 e. The molecule has 116 valence electrons. The van der Waals surface area contributed by atoms with Crippen LogP contribution in [0, 0.1) is 0 Å². The van der Waals surface area contributed by atoms with Crippen LogP contribution in [0.1, 0.15) is 20.8 Å². The summed E-state index contributed by atoms with van der Waals surface area (Å²) in [5.74, 6) is -1.08. The number of carboxylic acid groups (broad SMARTS) is 1. The number of nitrogens with one attached hydrogen (secondary N) is 2. The molecule has 0 bridgehead atoms. The van der Waals surface area contributed by atoms with Gasteiger partial charge in [0.2, 0.25) is 0 Å². The maximum atomic E-state index is 11.5. The molecule has 0 radical (unpaired) electrons. The lowest BCUT2D eigenvalue weighted by Gasteiger charge is -2.21. The van der Waals surface area contributed by atoms with Gasteiger partial charge in [-0.15, -0.1) is 0 Å². The van der Waals surface area contributed by atoms with Gasteiger partial charge in [0.1, 0.15) is 11.6 Å². The van der Waals surface area contributed by atoms with Crippen LogP contribution in [0.15, 0.2) is 24.3 Å². The van der Waals surface area contributed by atoms with Gasteiger partial charge in [-0.25, -0.2) is 9.59 Å². The predicted octanol–water partition coefficient (Wildman–Crippen LogP) is 2.73. The third-order valence-corrected chi connectivity index (χ3v) is 2.58. The zero-order valence-corrected chi connectivity index (χ0v) is 12.9. The summed E-state index contributed by atoms with van der Waals surface area (Å²) in [5, 5.41) is 14.9. The molecule has 3 N–H and O–H groups in total. The van der Waals surface area contributed by atoms with Crippen LogP contribution in [-0.4, -0.2) is 35.4 Å². The highest BCUT2D eigenvalue weighted by Gasteiger charge is 2.21. The number of halogens is 1. The molecule has 21 heavy (non-hydrogen) atoms. The van der Waals surface area contributed by atoms with E-state index in [0.717, 1.165) is 0 Å². The minimum Gasteiger partial charge on any atom is -0.480 e. The fourth-order valence-corrected chi connectivity index (χ4v) is 1.57. The molecule has 0 fully saturated rings. The third-order valence-electron chi connectivity index (χ3n) is 2.33. The van der Waals surface area contributed by atoms with E-state index in [9.17, 15) is 9.59 Å². The van der Waals surface area contributed by atoms with Crippen LogP contribution >= 0.6 is 11.6 Å². The number of carboxylic acids is 1. The summed E-state index contributed by atoms with van der Waals surface area (Å²) in [7, 11) is 0. The number of aliphatic carboxylic acids is 1. The number of ether oxygens (including phenoxy) is 1. The lowest BCUT2D eigenvalue weighted by atomic mass is 10.2. The fraction of sp³-hybridized carbons (Fsp3) is 0.429. The van der Waals surface area contributed by atoms with E-state index < -0.39 is 23.7 Å². The molecule has 0 aliphatic rings. The molecule has 1 aromatic carbocycles. The second-order valence-corrected chi connectivity index (χ2v) is 5.86. The zero-order chi connectivity index (χ0) is 16.0. The Hall–Kier alpha value is -1.95. The first kappa shape index (κ1) is 17.1. The average Bonchev–Trinajstić information content (AvgIpc) is 2.34. The number of hydrogen-bond donors (Lipinski definition) is 3. The molecule has 0 aromatic heterocycles. The van der Waals surface area contributed by atoms with Crippen molar-refractivity contribution < 1.29 is 19.4 Å². The number of hydrogen-bond acceptors (Lipinski definition) is 4. The van der Waals surface area contributed by atoms with E-state index in [0.29, 0.717) is 10.7 Å². The Morgan fingerprint density at radius 1 is 1.29 bits per heavy atom. The van der Waals surface area contributed by atoms with E-state index in [-0.39, 0.29) is 6.54 Å². The Balaban J connectivity index is 2.56. The standard InChI is InChI=1S/C14H19ClN2O4/c1-14(2,3)21-13(20)16-8-11(12(18)19)17-10-6-4-9(15)5-7-10/h4-7,11,17H,8H2,1-3H3,(H,16,20)(H,18,19)/t11-/m0/s1. The molecular formula is C14H19ClN2O4. The monoisotopic (exact) mass is 314 g/mol. The number of benzene rings is 1. The topological polar surface area (TPSA) is 87.7 Å². The molecule has 0 heterocycles. The van der Waals surface area contributed by atoms with Crippen molar-refractivity contribution in [2.24, 2.45) is 0 Å². The van der Waals surface area contributed by atoms with E-state index in [1.807, 2.05) is 0 Å². The van der Waals surface area contributed by atoms with Crippen molar-refractivity contribution in [3.05, 3.63) is 29.3 Å². The Bertz CT molecular complexity index is 497. The van der Waals surface area contributed by atoms with Crippen molar-refractivity contribution in [3.63, 3.8) is 0 Å². The van der Waals surface area contributed by atoms with Crippen molar-refractivity contribution >= 4 is 29.4 Å². The van der Waals surface area contributed by atoms with Gasteiger partial charge in [0.05, 0.1) is 6.54 Å². The summed E-state index contributed by atoms with van der Waals surface area (Å²) in [6.45, 7) is 5.08. The van der Waals surface area contributed by atoms with Gasteiger partial charge in [-0.05, 0) is 45.0 Å². The number of carbonyl (C=O) groups excluding carboxylic acids is 1. The normalized spacial score (nSPS) is 12.4. The van der Waals surface area contributed by atoms with E-state index in [1.165, 1.54) is 0 Å². The number of rotatable bonds is 5. The minimum absolute atomic E-state index is 0.104. The molecule has 1 rings (SSSR count). The number of amides is 1. The highest BCUT2D eigenvalue weighted by Crippen LogP contribution is 2.14. The minimum atomic E-state index is -1.08. The van der Waals surface area contributed by atoms with E-state index in [1.54, 1.807) is 45.0 Å². The smallest absolute Gasteiger partial charge is 0.407 e. The maximum absolute atomic E-state index is 11.5. The van der Waals surface area contributed by atoms with Gasteiger partial charge in [-0.3, -0.25) is 0 Å². The SMILES string of the molecule is CC(C)(C)OC(=O)NC[C@H](Nc1ccc(Cl)cc1)C(=O)O. The largest absolute Gasteiger partial charge is 0.480 e. The molecule has 0 aliphatic heterocycles. The molecule has 1 aromatic rings.